The Balaban J connectivity index is 2.19. The second kappa shape index (κ2) is 5.17. The third-order valence-corrected chi connectivity index (χ3v) is 5.30. The average Bonchev–Trinajstić information content (AvgIpc) is 2.61. The minimum atomic E-state index is -0.860. The molecule has 0 saturated heterocycles. The van der Waals surface area contributed by atoms with E-state index < -0.39 is 16.8 Å². The van der Waals surface area contributed by atoms with E-state index in [0.29, 0.717) is 12.8 Å². The minimum Gasteiger partial charge on any atom is -0.481 e. The van der Waals surface area contributed by atoms with Crippen LogP contribution in [0.4, 0.5) is 5.69 Å². The monoisotopic (exact) mass is 289 g/mol. The summed E-state index contributed by atoms with van der Waals surface area (Å²) in [6.07, 6.45) is 1.13. The Kier molecular flexibility index (Phi) is 3.83. The molecule has 1 aromatic carbocycles. The van der Waals surface area contributed by atoms with E-state index in [-0.39, 0.29) is 11.8 Å². The first kappa shape index (κ1) is 15.5. The summed E-state index contributed by atoms with van der Waals surface area (Å²) in [6.45, 7) is 7.48. The number of benzene rings is 1. The summed E-state index contributed by atoms with van der Waals surface area (Å²) >= 11 is 0. The van der Waals surface area contributed by atoms with Crippen LogP contribution in [0.2, 0.25) is 0 Å². The molecule has 0 aliphatic heterocycles. The van der Waals surface area contributed by atoms with Crippen molar-refractivity contribution in [1.29, 1.82) is 0 Å². The van der Waals surface area contributed by atoms with Crippen LogP contribution in [0.5, 0.6) is 0 Å². The second-order valence-electron chi connectivity index (χ2n) is 6.81. The number of aliphatic carboxylic acids is 1. The number of carbonyl (C=O) groups excluding carboxylic acids is 1. The molecule has 2 rings (SSSR count). The Hall–Kier alpha value is -1.84. The highest BCUT2D eigenvalue weighted by molar-refractivity contribution is 5.94. The van der Waals surface area contributed by atoms with E-state index in [2.05, 4.69) is 5.32 Å². The molecule has 1 aliphatic carbocycles. The van der Waals surface area contributed by atoms with E-state index in [9.17, 15) is 14.7 Å². The fraction of sp³-hybridized carbons (Fsp3) is 0.529. The van der Waals surface area contributed by atoms with E-state index in [0.717, 1.165) is 11.3 Å². The zero-order valence-corrected chi connectivity index (χ0v) is 13.1. The van der Waals surface area contributed by atoms with E-state index >= 15 is 0 Å². The SMILES string of the molecule is Cc1cccc(NC(=O)[C@H]2CC[C@@](C)(C(=O)O)C2(C)C)c1. The molecule has 4 heteroatoms. The van der Waals surface area contributed by atoms with Crippen LogP contribution in [0.25, 0.3) is 0 Å². The molecule has 0 unspecified atom stereocenters. The average molecular weight is 289 g/mol. The van der Waals surface area contributed by atoms with Crippen molar-refractivity contribution in [1.82, 2.24) is 0 Å². The van der Waals surface area contributed by atoms with Crippen molar-refractivity contribution < 1.29 is 14.7 Å². The van der Waals surface area contributed by atoms with Gasteiger partial charge in [0.2, 0.25) is 5.91 Å². The summed E-state index contributed by atoms with van der Waals surface area (Å²) in [5, 5.41) is 12.4. The van der Waals surface area contributed by atoms with Crippen molar-refractivity contribution in [2.24, 2.45) is 16.7 Å². The van der Waals surface area contributed by atoms with Crippen LogP contribution in [0.15, 0.2) is 24.3 Å². The number of anilines is 1. The van der Waals surface area contributed by atoms with Crippen LogP contribution >= 0.6 is 0 Å². The van der Waals surface area contributed by atoms with Crippen molar-refractivity contribution in [3.05, 3.63) is 29.8 Å². The molecule has 1 amide bonds. The standard InChI is InChI=1S/C17H23NO3/c1-11-6-5-7-12(10-11)18-14(19)13-8-9-17(4,15(20)21)16(13,2)3/h5-7,10,13H,8-9H2,1-4H3,(H,18,19)(H,20,21)/t13-,17+/m1/s1. The minimum absolute atomic E-state index is 0.0874. The van der Waals surface area contributed by atoms with Crippen molar-refractivity contribution >= 4 is 17.6 Å². The molecule has 0 radical (unpaired) electrons. The molecule has 1 aromatic rings. The first-order chi connectivity index (χ1) is 9.68. The first-order valence-corrected chi connectivity index (χ1v) is 7.29. The fourth-order valence-corrected chi connectivity index (χ4v) is 3.29. The molecule has 0 spiro atoms. The summed E-state index contributed by atoms with van der Waals surface area (Å²) < 4.78 is 0. The molecular weight excluding hydrogens is 266 g/mol. The van der Waals surface area contributed by atoms with E-state index in [1.54, 1.807) is 6.92 Å². The number of carboxylic acid groups (broad SMARTS) is 1. The lowest BCUT2D eigenvalue weighted by atomic mass is 9.65. The van der Waals surface area contributed by atoms with Gasteiger partial charge < -0.3 is 10.4 Å². The lowest BCUT2D eigenvalue weighted by molar-refractivity contribution is -0.154. The zero-order valence-electron chi connectivity index (χ0n) is 13.1. The van der Waals surface area contributed by atoms with Gasteiger partial charge in [-0.05, 0) is 49.8 Å². The predicted octanol–water partition coefficient (Wildman–Crippen LogP) is 3.46. The molecule has 21 heavy (non-hydrogen) atoms. The highest BCUT2D eigenvalue weighted by Crippen LogP contribution is 2.56. The molecule has 2 atom stereocenters. The van der Waals surface area contributed by atoms with Crippen LogP contribution in [-0.4, -0.2) is 17.0 Å². The maximum atomic E-state index is 12.5. The summed E-state index contributed by atoms with van der Waals surface area (Å²) in [7, 11) is 0. The van der Waals surface area contributed by atoms with Crippen molar-refractivity contribution in [2.75, 3.05) is 5.32 Å². The van der Waals surface area contributed by atoms with Crippen LogP contribution in [0, 0.1) is 23.7 Å². The number of nitrogens with one attached hydrogen (secondary N) is 1. The number of carbonyl (C=O) groups is 2. The molecule has 2 N–H and O–H groups in total. The molecule has 0 aromatic heterocycles. The fourth-order valence-electron chi connectivity index (χ4n) is 3.29. The summed E-state index contributed by atoms with van der Waals surface area (Å²) in [6, 6.07) is 7.63. The Morgan fingerprint density at radius 3 is 2.48 bits per heavy atom. The van der Waals surface area contributed by atoms with Gasteiger partial charge >= 0.3 is 5.97 Å². The summed E-state index contributed by atoms with van der Waals surface area (Å²) in [4.78, 5) is 24.1. The number of hydrogen-bond acceptors (Lipinski definition) is 2. The number of rotatable bonds is 3. The highest BCUT2D eigenvalue weighted by atomic mass is 16.4. The molecular formula is C17H23NO3. The normalized spacial score (nSPS) is 27.3. The van der Waals surface area contributed by atoms with E-state index in [1.165, 1.54) is 0 Å². The van der Waals surface area contributed by atoms with Gasteiger partial charge in [-0.2, -0.15) is 0 Å². The third-order valence-electron chi connectivity index (χ3n) is 5.30. The van der Waals surface area contributed by atoms with Gasteiger partial charge in [0.15, 0.2) is 0 Å². The number of amides is 1. The smallest absolute Gasteiger partial charge is 0.309 e. The molecule has 4 nitrogen and oxygen atoms in total. The van der Waals surface area contributed by atoms with Gasteiger partial charge in [-0.1, -0.05) is 26.0 Å². The summed E-state index contributed by atoms with van der Waals surface area (Å²) in [5.41, 5.74) is 0.405. The molecule has 0 heterocycles. The van der Waals surface area contributed by atoms with Gasteiger partial charge in [-0.15, -0.1) is 0 Å². The predicted molar refractivity (Wildman–Crippen MR) is 82.1 cm³/mol. The van der Waals surface area contributed by atoms with Crippen LogP contribution in [0.1, 0.15) is 39.2 Å². The third kappa shape index (κ3) is 2.55. The Morgan fingerprint density at radius 2 is 1.95 bits per heavy atom. The van der Waals surface area contributed by atoms with Crippen LogP contribution in [0.3, 0.4) is 0 Å². The highest BCUT2D eigenvalue weighted by Gasteiger charge is 2.58. The van der Waals surface area contributed by atoms with Gasteiger partial charge in [-0.25, -0.2) is 0 Å². The first-order valence-electron chi connectivity index (χ1n) is 7.29. The lowest BCUT2D eigenvalue weighted by Gasteiger charge is -2.37. The maximum absolute atomic E-state index is 12.5. The zero-order chi connectivity index (χ0) is 15.8. The largest absolute Gasteiger partial charge is 0.481 e. The van der Waals surface area contributed by atoms with Crippen molar-refractivity contribution in [2.45, 2.75) is 40.5 Å². The Morgan fingerprint density at radius 1 is 1.29 bits per heavy atom. The van der Waals surface area contributed by atoms with Crippen molar-refractivity contribution in [3.8, 4) is 0 Å². The molecule has 1 saturated carbocycles. The van der Waals surface area contributed by atoms with Gasteiger partial charge in [-0.3, -0.25) is 9.59 Å². The number of hydrogen-bond donors (Lipinski definition) is 2. The lowest BCUT2D eigenvalue weighted by Crippen LogP contribution is -2.43. The quantitative estimate of drug-likeness (QED) is 0.895. The topological polar surface area (TPSA) is 66.4 Å². The maximum Gasteiger partial charge on any atom is 0.309 e. The Bertz CT molecular complexity index is 579. The summed E-state index contributed by atoms with van der Waals surface area (Å²) in [5.74, 6) is -1.20. The van der Waals surface area contributed by atoms with E-state index in [1.807, 2.05) is 45.0 Å². The molecule has 1 fully saturated rings. The Labute approximate surface area is 125 Å². The van der Waals surface area contributed by atoms with Crippen LogP contribution < -0.4 is 5.32 Å². The van der Waals surface area contributed by atoms with Gasteiger partial charge in [0, 0.05) is 11.6 Å². The molecule has 114 valence electrons. The van der Waals surface area contributed by atoms with Crippen molar-refractivity contribution in [3.63, 3.8) is 0 Å². The molecule has 0 bridgehead atoms. The number of carboxylic acids is 1. The van der Waals surface area contributed by atoms with Gasteiger partial charge in [0.1, 0.15) is 0 Å². The number of aryl methyl sites for hydroxylation is 1. The van der Waals surface area contributed by atoms with Gasteiger partial charge in [0.05, 0.1) is 5.41 Å². The molecule has 1 aliphatic rings. The second-order valence-corrected chi connectivity index (χ2v) is 6.81. The van der Waals surface area contributed by atoms with E-state index in [4.69, 9.17) is 0 Å². The van der Waals surface area contributed by atoms with Crippen LogP contribution in [-0.2, 0) is 9.59 Å². The van der Waals surface area contributed by atoms with Gasteiger partial charge in [0.25, 0.3) is 0 Å².